The van der Waals surface area contributed by atoms with E-state index in [4.69, 9.17) is 14.6 Å². The summed E-state index contributed by atoms with van der Waals surface area (Å²) in [6.45, 7) is 5.46. The van der Waals surface area contributed by atoms with Crippen LogP contribution in [-0.2, 0) is 4.79 Å². The number of carbonyl (C=O) groups excluding carboxylic acids is 1. The number of aromatic nitrogens is 2. The Balaban J connectivity index is 1.49. The molecule has 1 fully saturated rings. The van der Waals surface area contributed by atoms with Gasteiger partial charge in [0, 0.05) is 13.1 Å². The molecular weight excluding hydrogens is 362 g/mol. The van der Waals surface area contributed by atoms with Gasteiger partial charge in [-0.05, 0) is 51.0 Å². The molecule has 1 aliphatic heterocycles. The van der Waals surface area contributed by atoms with Crippen molar-refractivity contribution in [2.45, 2.75) is 32.7 Å². The van der Waals surface area contributed by atoms with Gasteiger partial charge in [0.1, 0.15) is 17.1 Å². The van der Waals surface area contributed by atoms with E-state index in [1.165, 1.54) is 6.20 Å². The van der Waals surface area contributed by atoms with Crippen LogP contribution >= 0.6 is 0 Å². The second-order valence-corrected chi connectivity index (χ2v) is 6.70. The van der Waals surface area contributed by atoms with Crippen LogP contribution in [-0.4, -0.2) is 58.0 Å². The van der Waals surface area contributed by atoms with E-state index in [2.05, 4.69) is 5.10 Å². The molecule has 28 heavy (non-hydrogen) atoms. The maximum atomic E-state index is 12.4. The summed E-state index contributed by atoms with van der Waals surface area (Å²) in [5.41, 5.74) is 0.873. The molecule has 0 aliphatic carbocycles. The number of aromatic carboxylic acids is 1. The van der Waals surface area contributed by atoms with Gasteiger partial charge in [-0.1, -0.05) is 0 Å². The van der Waals surface area contributed by atoms with E-state index in [1.54, 1.807) is 28.6 Å². The van der Waals surface area contributed by atoms with Crippen molar-refractivity contribution < 1.29 is 24.2 Å². The molecule has 1 saturated heterocycles. The van der Waals surface area contributed by atoms with Crippen molar-refractivity contribution in [1.82, 2.24) is 14.7 Å². The zero-order valence-electron chi connectivity index (χ0n) is 16.1. The number of amides is 1. The quantitative estimate of drug-likeness (QED) is 0.785. The third kappa shape index (κ3) is 4.44. The minimum Gasteiger partial charge on any atom is -0.494 e. The minimum absolute atomic E-state index is 0.0113. The molecule has 0 spiro atoms. The normalized spacial score (nSPS) is 14.7. The number of likely N-dealkylation sites (tertiary alicyclic amines) is 1. The van der Waals surface area contributed by atoms with Gasteiger partial charge in [0.05, 0.1) is 24.5 Å². The van der Waals surface area contributed by atoms with Gasteiger partial charge in [0.2, 0.25) is 0 Å². The molecule has 3 rings (SSSR count). The summed E-state index contributed by atoms with van der Waals surface area (Å²) in [4.78, 5) is 25.4. The topological polar surface area (TPSA) is 93.9 Å². The molecule has 0 radical (unpaired) electrons. The number of piperidine rings is 1. The maximum absolute atomic E-state index is 12.4. The van der Waals surface area contributed by atoms with Gasteiger partial charge >= 0.3 is 5.97 Å². The molecule has 0 bridgehead atoms. The highest BCUT2D eigenvalue weighted by atomic mass is 16.5. The van der Waals surface area contributed by atoms with E-state index >= 15 is 0 Å². The van der Waals surface area contributed by atoms with Crippen LogP contribution in [0, 0.1) is 6.92 Å². The fourth-order valence-electron chi connectivity index (χ4n) is 3.40. The molecule has 2 aromatic rings. The molecule has 8 heteroatoms. The lowest BCUT2D eigenvalue weighted by Crippen LogP contribution is -2.41. The largest absolute Gasteiger partial charge is 0.494 e. The number of carboxylic acid groups (broad SMARTS) is 1. The monoisotopic (exact) mass is 387 g/mol. The summed E-state index contributed by atoms with van der Waals surface area (Å²) in [6, 6.07) is 7.29. The second-order valence-electron chi connectivity index (χ2n) is 6.70. The lowest BCUT2D eigenvalue weighted by Gasteiger charge is -2.32. The number of ether oxygens (including phenoxy) is 2. The van der Waals surface area contributed by atoms with Crippen molar-refractivity contribution >= 4 is 11.9 Å². The lowest BCUT2D eigenvalue weighted by atomic mass is 10.0. The SMILES string of the molecule is CCOc1ccc(OCC(=O)N2CCC(n3ncc(C(=O)O)c3C)CC2)cc1. The molecule has 1 aromatic carbocycles. The first-order valence-corrected chi connectivity index (χ1v) is 9.40. The summed E-state index contributed by atoms with van der Waals surface area (Å²) in [5, 5.41) is 13.4. The first kappa shape index (κ1) is 19.7. The van der Waals surface area contributed by atoms with Crippen LogP contribution in [0.1, 0.15) is 41.9 Å². The van der Waals surface area contributed by atoms with E-state index in [0.29, 0.717) is 31.1 Å². The van der Waals surface area contributed by atoms with Crippen molar-refractivity contribution in [2.24, 2.45) is 0 Å². The van der Waals surface area contributed by atoms with Gasteiger partial charge in [-0.3, -0.25) is 9.48 Å². The molecule has 0 atom stereocenters. The molecule has 0 saturated carbocycles. The van der Waals surface area contributed by atoms with E-state index < -0.39 is 5.97 Å². The number of rotatable bonds is 7. The first-order chi connectivity index (χ1) is 13.5. The van der Waals surface area contributed by atoms with Gasteiger partial charge in [-0.25, -0.2) is 4.79 Å². The van der Waals surface area contributed by atoms with Crippen LogP contribution in [0.25, 0.3) is 0 Å². The predicted octanol–water partition coefficient (Wildman–Crippen LogP) is 2.53. The van der Waals surface area contributed by atoms with Crippen molar-refractivity contribution in [3.63, 3.8) is 0 Å². The van der Waals surface area contributed by atoms with Crippen LogP contribution < -0.4 is 9.47 Å². The molecular formula is C20H25N3O5. The van der Waals surface area contributed by atoms with Crippen LogP contribution in [0.5, 0.6) is 11.5 Å². The second kappa shape index (κ2) is 8.77. The van der Waals surface area contributed by atoms with Crippen LogP contribution in [0.2, 0.25) is 0 Å². The average Bonchev–Trinajstić information content (AvgIpc) is 3.09. The Morgan fingerprint density at radius 1 is 1.14 bits per heavy atom. The van der Waals surface area contributed by atoms with E-state index in [-0.39, 0.29) is 24.1 Å². The number of carboxylic acids is 1. The molecule has 1 aliphatic rings. The van der Waals surface area contributed by atoms with Gasteiger partial charge in [-0.2, -0.15) is 5.10 Å². The van der Waals surface area contributed by atoms with Gasteiger partial charge < -0.3 is 19.5 Å². The standard InChI is InChI=1S/C20H25N3O5/c1-3-27-16-4-6-17(7-5-16)28-13-19(24)22-10-8-15(9-11-22)23-14(2)18(12-21-23)20(25)26/h4-7,12,15H,3,8-11,13H2,1-2H3,(H,25,26). The van der Waals surface area contributed by atoms with Gasteiger partial charge in [-0.15, -0.1) is 0 Å². The minimum atomic E-state index is -0.970. The third-order valence-electron chi connectivity index (χ3n) is 4.94. The summed E-state index contributed by atoms with van der Waals surface area (Å²) in [6.07, 6.45) is 2.85. The summed E-state index contributed by atoms with van der Waals surface area (Å²) in [5.74, 6) is 0.363. The van der Waals surface area contributed by atoms with Crippen LogP contribution in [0.3, 0.4) is 0 Å². The van der Waals surface area contributed by atoms with E-state index in [0.717, 1.165) is 18.6 Å². The Morgan fingerprint density at radius 2 is 1.75 bits per heavy atom. The summed E-state index contributed by atoms with van der Waals surface area (Å²) < 4.78 is 12.7. The molecule has 150 valence electrons. The number of hydrogen-bond donors (Lipinski definition) is 1. The maximum Gasteiger partial charge on any atom is 0.339 e. The summed E-state index contributed by atoms with van der Waals surface area (Å²) in [7, 11) is 0. The van der Waals surface area contributed by atoms with Crippen molar-refractivity contribution in [3.8, 4) is 11.5 Å². The lowest BCUT2D eigenvalue weighted by molar-refractivity contribution is -0.134. The zero-order chi connectivity index (χ0) is 20.1. The van der Waals surface area contributed by atoms with Crippen molar-refractivity contribution in [3.05, 3.63) is 41.7 Å². The van der Waals surface area contributed by atoms with Crippen molar-refractivity contribution in [2.75, 3.05) is 26.3 Å². The van der Waals surface area contributed by atoms with Gasteiger partial charge in [0.25, 0.3) is 5.91 Å². The number of benzene rings is 1. The molecule has 1 amide bonds. The fraction of sp³-hybridized carbons (Fsp3) is 0.450. The summed E-state index contributed by atoms with van der Waals surface area (Å²) >= 11 is 0. The Bertz CT molecular complexity index is 823. The highest BCUT2D eigenvalue weighted by Gasteiger charge is 2.26. The Hall–Kier alpha value is -3.03. The Morgan fingerprint density at radius 3 is 2.29 bits per heavy atom. The molecule has 1 aromatic heterocycles. The van der Waals surface area contributed by atoms with E-state index in [9.17, 15) is 9.59 Å². The van der Waals surface area contributed by atoms with Crippen LogP contribution in [0.4, 0.5) is 0 Å². The third-order valence-corrected chi connectivity index (χ3v) is 4.94. The Kier molecular flexibility index (Phi) is 6.18. The Labute approximate surface area is 163 Å². The molecule has 2 heterocycles. The molecule has 8 nitrogen and oxygen atoms in total. The van der Waals surface area contributed by atoms with Crippen LogP contribution in [0.15, 0.2) is 30.5 Å². The first-order valence-electron chi connectivity index (χ1n) is 9.40. The smallest absolute Gasteiger partial charge is 0.339 e. The highest BCUT2D eigenvalue weighted by Crippen LogP contribution is 2.25. The number of nitrogens with zero attached hydrogens (tertiary/aromatic N) is 3. The van der Waals surface area contributed by atoms with Crippen molar-refractivity contribution in [1.29, 1.82) is 0 Å². The van der Waals surface area contributed by atoms with Gasteiger partial charge in [0.15, 0.2) is 6.61 Å². The molecule has 1 N–H and O–H groups in total. The number of hydrogen-bond acceptors (Lipinski definition) is 5. The number of carbonyl (C=O) groups is 2. The average molecular weight is 387 g/mol. The molecule has 0 unspecified atom stereocenters. The van der Waals surface area contributed by atoms with E-state index in [1.807, 2.05) is 19.1 Å². The predicted molar refractivity (Wildman–Crippen MR) is 102 cm³/mol. The fourth-order valence-corrected chi connectivity index (χ4v) is 3.40. The zero-order valence-corrected chi connectivity index (χ0v) is 16.1. The highest BCUT2D eigenvalue weighted by molar-refractivity contribution is 5.88.